The van der Waals surface area contributed by atoms with Gasteiger partial charge in [-0.25, -0.2) is 0 Å². The highest BCUT2D eigenvalue weighted by Gasteiger charge is 2.39. The number of carbonyl (C=O) groups excluding carboxylic acids is 2. The molecule has 5 aromatic carbocycles. The summed E-state index contributed by atoms with van der Waals surface area (Å²) in [6.45, 7) is 3.94. The lowest BCUT2D eigenvalue weighted by atomic mass is 9.90. The molecule has 0 aromatic heterocycles. The lowest BCUT2D eigenvalue weighted by Crippen LogP contribution is -2.43. The number of imide groups is 1. The molecule has 0 radical (unpaired) electrons. The van der Waals surface area contributed by atoms with Crippen LogP contribution < -0.4 is 0 Å². The molecule has 2 aliphatic heterocycles. The van der Waals surface area contributed by atoms with E-state index in [1.165, 1.54) is 10.5 Å². The molecule has 4 atom stereocenters. The van der Waals surface area contributed by atoms with Crippen LogP contribution in [0.2, 0.25) is 0 Å². The predicted molar refractivity (Wildman–Crippen MR) is 188 cm³/mol. The van der Waals surface area contributed by atoms with Crippen LogP contribution in [0.1, 0.15) is 67.9 Å². The second-order valence-electron chi connectivity index (χ2n) is 13.1. The van der Waals surface area contributed by atoms with E-state index >= 15 is 0 Å². The van der Waals surface area contributed by atoms with Gasteiger partial charge in [-0.1, -0.05) is 116 Å². The van der Waals surface area contributed by atoms with Crippen molar-refractivity contribution in [3.8, 4) is 11.1 Å². The summed E-state index contributed by atoms with van der Waals surface area (Å²) in [6.07, 6.45) is -0.850. The molecule has 0 unspecified atom stereocenters. The molecule has 0 spiro atoms. The van der Waals surface area contributed by atoms with Crippen molar-refractivity contribution in [2.24, 2.45) is 5.92 Å². The summed E-state index contributed by atoms with van der Waals surface area (Å²) in [5.41, 5.74) is 7.87. The minimum absolute atomic E-state index is 0.00196. The maximum absolute atomic E-state index is 12.9. The van der Waals surface area contributed by atoms with Crippen LogP contribution in [0.3, 0.4) is 0 Å². The molecule has 2 aliphatic rings. The molecule has 2 heterocycles. The Labute approximate surface area is 287 Å². The fourth-order valence-corrected chi connectivity index (χ4v) is 6.84. The van der Waals surface area contributed by atoms with E-state index in [9.17, 15) is 14.7 Å². The third kappa shape index (κ3) is 6.98. The average Bonchev–Trinajstić information content (AvgIpc) is 3.38. The lowest BCUT2D eigenvalue weighted by molar-refractivity contribution is -0.276. The van der Waals surface area contributed by atoms with Crippen LogP contribution >= 0.6 is 0 Å². The summed E-state index contributed by atoms with van der Waals surface area (Å²) >= 11 is 0. The Bertz CT molecular complexity index is 1890. The van der Waals surface area contributed by atoms with E-state index in [2.05, 4.69) is 55.3 Å². The van der Waals surface area contributed by atoms with Crippen molar-refractivity contribution >= 4 is 11.8 Å². The van der Waals surface area contributed by atoms with Crippen molar-refractivity contribution in [2.75, 3.05) is 13.6 Å². The van der Waals surface area contributed by atoms with Crippen LogP contribution in [0.5, 0.6) is 0 Å². The van der Waals surface area contributed by atoms with Gasteiger partial charge in [0.1, 0.15) is 0 Å². The van der Waals surface area contributed by atoms with E-state index in [1.54, 1.807) is 24.3 Å². The third-order valence-electron chi connectivity index (χ3n) is 9.57. The first kappa shape index (κ1) is 32.6. The lowest BCUT2D eigenvalue weighted by Gasteiger charge is -2.42. The van der Waals surface area contributed by atoms with Gasteiger partial charge in [0, 0.05) is 24.6 Å². The van der Waals surface area contributed by atoms with E-state index in [-0.39, 0.29) is 43.1 Å². The molecule has 2 amide bonds. The maximum Gasteiger partial charge on any atom is 0.261 e. The molecule has 1 fully saturated rings. The van der Waals surface area contributed by atoms with Crippen LogP contribution in [0.15, 0.2) is 127 Å². The van der Waals surface area contributed by atoms with Gasteiger partial charge in [-0.2, -0.15) is 0 Å². The molecule has 0 saturated carbocycles. The SMILES string of the molecule is C[C@@H]1[C@H](CN(C)Cc2ccccc2)O[C@H](c2ccc(-c3cccc(CN4C(=O)c5ccccc5C4=O)c3)cc2)O[C@@H]1c1ccc(CO)cc1. The highest BCUT2D eigenvalue weighted by molar-refractivity contribution is 6.21. The Balaban J connectivity index is 1.09. The Morgan fingerprint density at radius 3 is 1.98 bits per heavy atom. The number of rotatable bonds is 10. The van der Waals surface area contributed by atoms with E-state index in [1.807, 2.05) is 66.7 Å². The number of likely N-dealkylation sites (N-methyl/N-ethyl adjacent to an activating group) is 1. The summed E-state index contributed by atoms with van der Waals surface area (Å²) < 4.78 is 13.4. The van der Waals surface area contributed by atoms with Crippen LogP contribution in [0, 0.1) is 5.92 Å². The van der Waals surface area contributed by atoms with Crippen molar-refractivity contribution in [1.82, 2.24) is 9.80 Å². The van der Waals surface area contributed by atoms with Crippen LogP contribution in [-0.2, 0) is 29.2 Å². The van der Waals surface area contributed by atoms with Gasteiger partial charge in [0.2, 0.25) is 0 Å². The molecule has 7 heteroatoms. The third-order valence-corrected chi connectivity index (χ3v) is 9.57. The molecule has 1 N–H and O–H groups in total. The summed E-state index contributed by atoms with van der Waals surface area (Å²) in [5.74, 6) is -0.438. The Hall–Kier alpha value is -4.92. The number of nitrogens with zero attached hydrogens (tertiary/aromatic N) is 2. The van der Waals surface area contributed by atoms with E-state index in [4.69, 9.17) is 9.47 Å². The van der Waals surface area contributed by atoms with Crippen LogP contribution in [-0.4, -0.2) is 46.4 Å². The zero-order valence-electron chi connectivity index (χ0n) is 27.7. The molecular weight excluding hydrogens is 612 g/mol. The van der Waals surface area contributed by atoms with Crippen LogP contribution in [0.25, 0.3) is 11.1 Å². The van der Waals surface area contributed by atoms with Crippen molar-refractivity contribution in [3.63, 3.8) is 0 Å². The summed E-state index contributed by atoms with van der Waals surface area (Å²) in [6, 6.07) is 41.5. The summed E-state index contributed by atoms with van der Waals surface area (Å²) in [4.78, 5) is 29.5. The first-order valence-electron chi connectivity index (χ1n) is 16.8. The molecular formula is C42H40N2O5. The number of aliphatic hydroxyl groups excluding tert-OH is 1. The number of hydrogen-bond donors (Lipinski definition) is 1. The van der Waals surface area contributed by atoms with Crippen molar-refractivity contribution in [3.05, 3.63) is 166 Å². The molecule has 0 aliphatic carbocycles. The summed E-state index contributed by atoms with van der Waals surface area (Å²) in [5, 5.41) is 9.60. The number of fused-ring (bicyclic) bond motifs is 1. The first-order chi connectivity index (χ1) is 23.9. The molecule has 248 valence electrons. The minimum Gasteiger partial charge on any atom is -0.392 e. The molecule has 7 rings (SSSR count). The second kappa shape index (κ2) is 14.3. The molecule has 0 bridgehead atoms. The van der Waals surface area contributed by atoms with E-state index < -0.39 is 6.29 Å². The zero-order chi connectivity index (χ0) is 33.9. The zero-order valence-corrected chi connectivity index (χ0v) is 27.7. The molecule has 1 saturated heterocycles. The van der Waals surface area contributed by atoms with Crippen molar-refractivity contribution in [2.45, 2.75) is 45.1 Å². The van der Waals surface area contributed by atoms with Crippen molar-refractivity contribution in [1.29, 1.82) is 0 Å². The van der Waals surface area contributed by atoms with Gasteiger partial charge in [0.25, 0.3) is 11.8 Å². The highest BCUT2D eigenvalue weighted by Crippen LogP contribution is 2.42. The normalized spacial score (nSPS) is 20.5. The highest BCUT2D eigenvalue weighted by atomic mass is 16.7. The second-order valence-corrected chi connectivity index (χ2v) is 13.1. The average molecular weight is 653 g/mol. The van der Waals surface area contributed by atoms with Gasteiger partial charge < -0.3 is 14.6 Å². The monoisotopic (exact) mass is 652 g/mol. The number of amides is 2. The number of ether oxygens (including phenoxy) is 2. The van der Waals surface area contributed by atoms with Gasteiger partial charge in [0.15, 0.2) is 6.29 Å². The number of carbonyl (C=O) groups is 2. The molecule has 49 heavy (non-hydrogen) atoms. The topological polar surface area (TPSA) is 79.3 Å². The smallest absolute Gasteiger partial charge is 0.261 e. The van der Waals surface area contributed by atoms with Gasteiger partial charge in [-0.05, 0) is 58.6 Å². The van der Waals surface area contributed by atoms with Crippen molar-refractivity contribution < 1.29 is 24.2 Å². The number of aliphatic hydroxyl groups is 1. The predicted octanol–water partition coefficient (Wildman–Crippen LogP) is 7.57. The fraction of sp³-hybridized carbons (Fsp3) is 0.238. The van der Waals surface area contributed by atoms with Crippen LogP contribution in [0.4, 0.5) is 0 Å². The fourth-order valence-electron chi connectivity index (χ4n) is 6.84. The maximum atomic E-state index is 12.9. The van der Waals surface area contributed by atoms with Gasteiger partial charge in [-0.15, -0.1) is 0 Å². The Morgan fingerprint density at radius 1 is 0.673 bits per heavy atom. The Morgan fingerprint density at radius 2 is 1.31 bits per heavy atom. The standard InChI is InChI=1S/C42H40N2O5/c1-28-38(26-43(2)24-29-9-4-3-5-10-29)48-42(49-39(28)33-17-15-30(27-45)16-18-33)34-21-19-32(20-22-34)35-12-8-11-31(23-35)25-44-40(46)36-13-6-7-14-37(36)41(44)47/h3-23,28,38-39,42,45H,24-27H2,1-2H3/t28-,38+,39+,42+/m1/s1. The van der Waals surface area contributed by atoms with E-state index in [0.717, 1.165) is 46.5 Å². The van der Waals surface area contributed by atoms with Gasteiger partial charge in [-0.3, -0.25) is 19.4 Å². The molecule has 5 aromatic rings. The first-order valence-corrected chi connectivity index (χ1v) is 16.8. The minimum atomic E-state index is -0.567. The number of hydrogen-bond acceptors (Lipinski definition) is 6. The largest absolute Gasteiger partial charge is 0.392 e. The van der Waals surface area contributed by atoms with E-state index in [0.29, 0.717) is 11.1 Å². The molecule has 7 nitrogen and oxygen atoms in total. The Kier molecular flexibility index (Phi) is 9.51. The van der Waals surface area contributed by atoms with Gasteiger partial charge >= 0.3 is 0 Å². The quantitative estimate of drug-likeness (QED) is 0.157. The number of benzene rings is 5. The van der Waals surface area contributed by atoms with Gasteiger partial charge in [0.05, 0.1) is 36.5 Å². The summed E-state index contributed by atoms with van der Waals surface area (Å²) in [7, 11) is 2.12.